The summed E-state index contributed by atoms with van der Waals surface area (Å²) in [6, 6.07) is 11.6. The highest BCUT2D eigenvalue weighted by Crippen LogP contribution is 2.19. The molecule has 1 aliphatic rings. The summed E-state index contributed by atoms with van der Waals surface area (Å²) in [5.41, 5.74) is 0.706. The van der Waals surface area contributed by atoms with Gasteiger partial charge in [-0.3, -0.25) is 14.5 Å². The van der Waals surface area contributed by atoms with Crippen molar-refractivity contribution in [3.63, 3.8) is 0 Å². The maximum absolute atomic E-state index is 13.3. The third-order valence-electron chi connectivity index (χ3n) is 5.62. The quantitative estimate of drug-likeness (QED) is 0.662. The van der Waals surface area contributed by atoms with Crippen LogP contribution in [0.4, 0.5) is 10.1 Å². The molecular weight excluding hydrogens is 447 g/mol. The van der Waals surface area contributed by atoms with E-state index in [4.69, 9.17) is 0 Å². The summed E-state index contributed by atoms with van der Waals surface area (Å²) >= 11 is 0. The zero-order valence-electron chi connectivity index (χ0n) is 19.0. The highest BCUT2D eigenvalue weighted by Gasteiger charge is 2.27. The number of hydrogen-bond acceptors (Lipinski definition) is 5. The van der Waals surface area contributed by atoms with Gasteiger partial charge < -0.3 is 10.2 Å². The molecule has 0 spiro atoms. The third kappa shape index (κ3) is 6.16. The van der Waals surface area contributed by atoms with Crippen molar-refractivity contribution in [2.75, 3.05) is 45.1 Å². The lowest BCUT2D eigenvalue weighted by Crippen LogP contribution is -2.50. The van der Waals surface area contributed by atoms with Crippen molar-refractivity contribution in [3.8, 4) is 0 Å². The van der Waals surface area contributed by atoms with Gasteiger partial charge in [0.2, 0.25) is 15.9 Å². The Morgan fingerprint density at radius 1 is 1.06 bits per heavy atom. The fraction of sp³-hybridized carbons (Fsp3) is 0.391. The van der Waals surface area contributed by atoms with Gasteiger partial charge in [0, 0.05) is 50.5 Å². The van der Waals surface area contributed by atoms with Crippen molar-refractivity contribution in [1.82, 2.24) is 14.1 Å². The van der Waals surface area contributed by atoms with Crippen LogP contribution in [0, 0.1) is 5.82 Å². The summed E-state index contributed by atoms with van der Waals surface area (Å²) < 4.78 is 40.0. The molecule has 0 radical (unpaired) electrons. The van der Waals surface area contributed by atoms with Gasteiger partial charge in [0.1, 0.15) is 5.82 Å². The van der Waals surface area contributed by atoms with E-state index in [9.17, 15) is 22.4 Å². The predicted octanol–water partition coefficient (Wildman–Crippen LogP) is 2.25. The number of carbonyl (C=O) groups excluding carboxylic acids is 2. The molecule has 33 heavy (non-hydrogen) atoms. The Hall–Kier alpha value is -2.82. The monoisotopic (exact) mass is 476 g/mol. The molecule has 1 heterocycles. The third-order valence-corrected chi connectivity index (χ3v) is 7.65. The number of nitrogens with zero attached hydrogens (tertiary/aromatic N) is 3. The maximum Gasteiger partial charge on any atom is 0.253 e. The molecule has 1 fully saturated rings. The Bertz CT molecular complexity index is 1110. The lowest BCUT2D eigenvalue weighted by molar-refractivity contribution is -0.117. The molecule has 1 saturated heterocycles. The van der Waals surface area contributed by atoms with E-state index >= 15 is 0 Å². The highest BCUT2D eigenvalue weighted by molar-refractivity contribution is 7.89. The van der Waals surface area contributed by atoms with E-state index in [0.29, 0.717) is 37.4 Å². The van der Waals surface area contributed by atoms with Crippen molar-refractivity contribution in [2.24, 2.45) is 0 Å². The van der Waals surface area contributed by atoms with Crippen LogP contribution in [0.1, 0.15) is 24.2 Å². The van der Waals surface area contributed by atoms with E-state index in [1.54, 1.807) is 36.9 Å². The molecule has 2 aromatic carbocycles. The van der Waals surface area contributed by atoms with Crippen LogP contribution in [0.3, 0.4) is 0 Å². The molecule has 10 heteroatoms. The summed E-state index contributed by atoms with van der Waals surface area (Å²) in [7, 11) is -2.18. The van der Waals surface area contributed by atoms with Crippen LogP contribution < -0.4 is 5.32 Å². The number of sulfonamides is 1. The lowest BCUT2D eigenvalue weighted by atomic mass is 10.2. The Kier molecular flexibility index (Phi) is 7.83. The summed E-state index contributed by atoms with van der Waals surface area (Å²) in [6.07, 6.45) is 0. The zero-order chi connectivity index (χ0) is 24.2. The average molecular weight is 477 g/mol. The normalized spacial score (nSPS) is 15.2. The molecular formula is C23H29FN4O4S. The first-order valence-corrected chi connectivity index (χ1v) is 12.2. The van der Waals surface area contributed by atoms with Crippen LogP contribution in [0.15, 0.2) is 53.4 Å². The first-order chi connectivity index (χ1) is 15.6. The second-order valence-corrected chi connectivity index (χ2v) is 10.3. The van der Waals surface area contributed by atoms with Crippen LogP contribution in [0.5, 0.6) is 0 Å². The minimum atomic E-state index is -3.69. The molecule has 1 aliphatic heterocycles. The van der Waals surface area contributed by atoms with E-state index in [2.05, 4.69) is 5.32 Å². The standard InChI is InChI=1S/C23H29FN4O4S/c1-17(2)26(3)33(31,32)21-9-4-6-18(14-21)23(30)28-12-10-27(11-13-28)16-22(29)25-20-8-5-7-19(24)15-20/h4-9,14-15,17H,10-13,16H2,1-3H3,(H,25,29). The first kappa shape index (κ1) is 24.8. The van der Waals surface area contributed by atoms with E-state index in [1.165, 1.54) is 41.7 Å². The van der Waals surface area contributed by atoms with Gasteiger partial charge in [-0.05, 0) is 50.2 Å². The van der Waals surface area contributed by atoms with Crippen molar-refractivity contribution in [2.45, 2.75) is 24.8 Å². The molecule has 1 N–H and O–H groups in total. The summed E-state index contributed by atoms with van der Waals surface area (Å²) in [4.78, 5) is 28.9. The molecule has 0 unspecified atom stereocenters. The van der Waals surface area contributed by atoms with Gasteiger partial charge in [0.05, 0.1) is 11.4 Å². The Labute approximate surface area is 194 Å². The van der Waals surface area contributed by atoms with E-state index < -0.39 is 15.8 Å². The van der Waals surface area contributed by atoms with Crippen molar-refractivity contribution in [3.05, 3.63) is 59.9 Å². The number of amides is 2. The molecule has 0 saturated carbocycles. The number of nitrogens with one attached hydrogen (secondary N) is 1. The number of benzene rings is 2. The van der Waals surface area contributed by atoms with Gasteiger partial charge in [-0.2, -0.15) is 4.31 Å². The molecule has 8 nitrogen and oxygen atoms in total. The van der Waals surface area contributed by atoms with Gasteiger partial charge >= 0.3 is 0 Å². The minimum absolute atomic E-state index is 0.0807. The molecule has 2 aromatic rings. The molecule has 0 aliphatic carbocycles. The summed E-state index contributed by atoms with van der Waals surface area (Å²) in [5.74, 6) is -0.927. The van der Waals surface area contributed by atoms with Crippen LogP contribution in [-0.2, 0) is 14.8 Å². The zero-order valence-corrected chi connectivity index (χ0v) is 19.8. The maximum atomic E-state index is 13.3. The van der Waals surface area contributed by atoms with E-state index in [1.807, 2.05) is 4.90 Å². The molecule has 3 rings (SSSR count). The Balaban J connectivity index is 1.58. The molecule has 0 atom stereocenters. The van der Waals surface area contributed by atoms with E-state index in [0.717, 1.165) is 0 Å². The SMILES string of the molecule is CC(C)N(C)S(=O)(=O)c1cccc(C(=O)N2CCN(CC(=O)Nc3cccc(F)c3)CC2)c1. The topological polar surface area (TPSA) is 90.0 Å². The highest BCUT2D eigenvalue weighted by atomic mass is 32.2. The summed E-state index contributed by atoms with van der Waals surface area (Å²) in [6.45, 7) is 5.51. The smallest absolute Gasteiger partial charge is 0.253 e. The second kappa shape index (κ2) is 10.4. The fourth-order valence-electron chi connectivity index (χ4n) is 3.49. The predicted molar refractivity (Wildman–Crippen MR) is 124 cm³/mol. The number of hydrogen-bond donors (Lipinski definition) is 1. The number of halogens is 1. The number of piperazine rings is 1. The Morgan fingerprint density at radius 3 is 2.36 bits per heavy atom. The fourth-order valence-corrected chi connectivity index (χ4v) is 4.91. The number of anilines is 1. The molecule has 178 valence electrons. The van der Waals surface area contributed by atoms with Crippen LogP contribution in [-0.4, -0.2) is 80.2 Å². The molecule has 0 aromatic heterocycles. The second-order valence-electron chi connectivity index (χ2n) is 8.27. The van der Waals surface area contributed by atoms with Crippen LogP contribution >= 0.6 is 0 Å². The number of carbonyl (C=O) groups is 2. The minimum Gasteiger partial charge on any atom is -0.336 e. The summed E-state index contributed by atoms with van der Waals surface area (Å²) in [5, 5.41) is 2.67. The van der Waals surface area contributed by atoms with Gasteiger partial charge in [0.15, 0.2) is 0 Å². The van der Waals surface area contributed by atoms with Gasteiger partial charge in [0.25, 0.3) is 5.91 Å². The van der Waals surface area contributed by atoms with Crippen molar-refractivity contribution >= 4 is 27.5 Å². The largest absolute Gasteiger partial charge is 0.336 e. The van der Waals surface area contributed by atoms with Gasteiger partial charge in [-0.15, -0.1) is 0 Å². The van der Waals surface area contributed by atoms with Gasteiger partial charge in [-0.25, -0.2) is 12.8 Å². The van der Waals surface area contributed by atoms with Crippen LogP contribution in [0.2, 0.25) is 0 Å². The average Bonchev–Trinajstić information content (AvgIpc) is 2.78. The number of rotatable bonds is 7. The Morgan fingerprint density at radius 2 is 1.73 bits per heavy atom. The first-order valence-electron chi connectivity index (χ1n) is 10.7. The molecule has 2 amide bonds. The van der Waals surface area contributed by atoms with Crippen molar-refractivity contribution in [1.29, 1.82) is 0 Å². The van der Waals surface area contributed by atoms with Crippen molar-refractivity contribution < 1.29 is 22.4 Å². The van der Waals surface area contributed by atoms with Gasteiger partial charge in [-0.1, -0.05) is 12.1 Å². The van der Waals surface area contributed by atoms with Crippen LogP contribution in [0.25, 0.3) is 0 Å². The molecule has 0 bridgehead atoms. The lowest BCUT2D eigenvalue weighted by Gasteiger charge is -2.34. The van der Waals surface area contributed by atoms with E-state index in [-0.39, 0.29) is 29.3 Å².